The summed E-state index contributed by atoms with van der Waals surface area (Å²) in [6, 6.07) is 4.44. The van der Waals surface area contributed by atoms with E-state index in [-0.39, 0.29) is 5.02 Å². The van der Waals surface area contributed by atoms with E-state index in [1.54, 1.807) is 6.07 Å². The molecule has 1 N–H and O–H groups in total. The number of rotatable bonds is 2. The van der Waals surface area contributed by atoms with Crippen LogP contribution in [0.25, 0.3) is 0 Å². The lowest BCUT2D eigenvalue weighted by molar-refractivity contribution is -0.137. The quantitative estimate of drug-likeness (QED) is 0.901. The van der Waals surface area contributed by atoms with E-state index in [4.69, 9.17) is 11.6 Å². The maximum Gasteiger partial charge on any atom is 0.417 e. The number of hydrogen-bond acceptors (Lipinski definition) is 2. The van der Waals surface area contributed by atoms with Gasteiger partial charge >= 0.3 is 6.18 Å². The molecule has 1 fully saturated rings. The third-order valence-electron chi connectivity index (χ3n) is 3.23. The largest absolute Gasteiger partial charge is 0.417 e. The first-order chi connectivity index (χ1) is 8.88. The Morgan fingerprint density at radius 1 is 1.42 bits per heavy atom. The van der Waals surface area contributed by atoms with Crippen molar-refractivity contribution in [3.8, 4) is 0 Å². The Labute approximate surface area is 115 Å². The zero-order valence-corrected chi connectivity index (χ0v) is 11.4. The molecule has 1 atom stereocenters. The van der Waals surface area contributed by atoms with Crippen LogP contribution >= 0.6 is 11.6 Å². The van der Waals surface area contributed by atoms with E-state index >= 15 is 0 Å². The molecule has 0 spiro atoms. The van der Waals surface area contributed by atoms with Crippen molar-refractivity contribution in [2.45, 2.75) is 25.7 Å². The highest BCUT2D eigenvalue weighted by atomic mass is 35.5. The molecule has 0 bridgehead atoms. The number of nitrogens with zero attached hydrogens (tertiary/aromatic N) is 1. The Balaban J connectivity index is 2.17. The highest BCUT2D eigenvalue weighted by Crippen LogP contribution is 2.36. The number of piperazine rings is 1. The van der Waals surface area contributed by atoms with Crippen LogP contribution in [0.5, 0.6) is 0 Å². The summed E-state index contributed by atoms with van der Waals surface area (Å²) in [5, 5.41) is 3.11. The van der Waals surface area contributed by atoms with Crippen molar-refractivity contribution in [2.24, 2.45) is 0 Å². The molecule has 1 aliphatic rings. The molecular formula is C13H16ClF3N2. The van der Waals surface area contributed by atoms with Gasteiger partial charge in [0.1, 0.15) is 0 Å². The van der Waals surface area contributed by atoms with Crippen LogP contribution in [0, 0.1) is 0 Å². The Hall–Kier alpha value is -0.780. The van der Waals surface area contributed by atoms with Gasteiger partial charge in [-0.25, -0.2) is 0 Å². The van der Waals surface area contributed by atoms with Gasteiger partial charge in [0, 0.05) is 32.2 Å². The predicted octanol–water partition coefficient (Wildman–Crippen LogP) is 3.15. The predicted molar refractivity (Wildman–Crippen MR) is 69.2 cm³/mol. The zero-order chi connectivity index (χ0) is 14.0. The molecule has 1 heterocycles. The summed E-state index contributed by atoms with van der Waals surface area (Å²) in [6.45, 7) is 4.98. The third kappa shape index (κ3) is 3.61. The van der Waals surface area contributed by atoms with Crippen LogP contribution in [0.15, 0.2) is 18.2 Å². The van der Waals surface area contributed by atoms with Gasteiger partial charge in [0.25, 0.3) is 0 Å². The van der Waals surface area contributed by atoms with E-state index in [0.717, 1.165) is 25.7 Å². The molecule has 2 rings (SSSR count). The van der Waals surface area contributed by atoms with Gasteiger partial charge in [0.2, 0.25) is 0 Å². The van der Waals surface area contributed by atoms with Gasteiger partial charge in [0.05, 0.1) is 10.6 Å². The fourth-order valence-corrected chi connectivity index (χ4v) is 2.61. The standard InChI is InChI=1S/C13H16ClF3N2/c1-9-7-19(6-5-18-9)8-10-3-2-4-11(12(10)14)13(15,16)17/h2-4,9,18H,5-8H2,1H3/t9-/m1/s1. The molecule has 6 heteroatoms. The smallest absolute Gasteiger partial charge is 0.312 e. The summed E-state index contributed by atoms with van der Waals surface area (Å²) in [4.78, 5) is 2.11. The van der Waals surface area contributed by atoms with E-state index in [1.807, 2.05) is 0 Å². The minimum Gasteiger partial charge on any atom is -0.312 e. The molecule has 0 saturated carbocycles. The molecular weight excluding hydrogens is 277 g/mol. The molecule has 1 aromatic rings. The molecule has 0 aromatic heterocycles. The van der Waals surface area contributed by atoms with Crippen molar-refractivity contribution in [3.63, 3.8) is 0 Å². The summed E-state index contributed by atoms with van der Waals surface area (Å²) in [5.74, 6) is 0. The lowest BCUT2D eigenvalue weighted by atomic mass is 10.1. The van der Waals surface area contributed by atoms with Crippen LogP contribution < -0.4 is 5.32 Å². The van der Waals surface area contributed by atoms with E-state index in [0.29, 0.717) is 18.2 Å². The molecule has 19 heavy (non-hydrogen) atoms. The number of alkyl halides is 3. The first kappa shape index (κ1) is 14.6. The Bertz CT molecular complexity index is 448. The molecule has 1 saturated heterocycles. The van der Waals surface area contributed by atoms with Crippen LogP contribution in [0.4, 0.5) is 13.2 Å². The molecule has 0 aliphatic carbocycles. The minimum atomic E-state index is -4.40. The second kappa shape index (κ2) is 5.69. The maximum absolute atomic E-state index is 12.8. The molecule has 0 amide bonds. The zero-order valence-electron chi connectivity index (χ0n) is 10.6. The molecule has 1 aromatic carbocycles. The summed E-state index contributed by atoms with van der Waals surface area (Å²) < 4.78 is 38.3. The number of benzene rings is 1. The van der Waals surface area contributed by atoms with Crippen molar-refractivity contribution in [1.29, 1.82) is 0 Å². The minimum absolute atomic E-state index is 0.179. The van der Waals surface area contributed by atoms with Crippen molar-refractivity contribution < 1.29 is 13.2 Å². The van der Waals surface area contributed by atoms with Gasteiger partial charge in [-0.2, -0.15) is 13.2 Å². The van der Waals surface area contributed by atoms with Crippen molar-refractivity contribution in [1.82, 2.24) is 10.2 Å². The van der Waals surface area contributed by atoms with Gasteiger partial charge in [-0.05, 0) is 18.6 Å². The van der Waals surface area contributed by atoms with E-state index in [1.165, 1.54) is 6.07 Å². The van der Waals surface area contributed by atoms with Crippen molar-refractivity contribution in [2.75, 3.05) is 19.6 Å². The third-order valence-corrected chi connectivity index (χ3v) is 3.68. The fraction of sp³-hybridized carbons (Fsp3) is 0.538. The number of hydrogen-bond donors (Lipinski definition) is 1. The van der Waals surface area contributed by atoms with Gasteiger partial charge < -0.3 is 5.32 Å². The van der Waals surface area contributed by atoms with Crippen molar-refractivity contribution >= 4 is 11.6 Å². The average molecular weight is 293 g/mol. The molecule has 106 valence electrons. The second-order valence-electron chi connectivity index (χ2n) is 4.87. The maximum atomic E-state index is 12.8. The Kier molecular flexibility index (Phi) is 4.38. The first-order valence-electron chi connectivity index (χ1n) is 6.18. The topological polar surface area (TPSA) is 15.3 Å². The van der Waals surface area contributed by atoms with Gasteiger partial charge in [0.15, 0.2) is 0 Å². The lowest BCUT2D eigenvalue weighted by Gasteiger charge is -2.32. The number of halogens is 4. The lowest BCUT2D eigenvalue weighted by Crippen LogP contribution is -2.48. The van der Waals surface area contributed by atoms with Crippen molar-refractivity contribution in [3.05, 3.63) is 34.3 Å². The van der Waals surface area contributed by atoms with E-state index in [2.05, 4.69) is 17.1 Å². The van der Waals surface area contributed by atoms with Crippen LogP contribution in [-0.2, 0) is 12.7 Å². The first-order valence-corrected chi connectivity index (χ1v) is 6.56. The summed E-state index contributed by atoms with van der Waals surface area (Å²) in [6.07, 6.45) is -4.40. The molecule has 1 aliphatic heterocycles. The van der Waals surface area contributed by atoms with Crippen LogP contribution in [0.2, 0.25) is 5.02 Å². The van der Waals surface area contributed by atoms with Crippen LogP contribution in [0.1, 0.15) is 18.1 Å². The summed E-state index contributed by atoms with van der Waals surface area (Å²) in [5.41, 5.74) is -0.222. The van der Waals surface area contributed by atoms with E-state index < -0.39 is 11.7 Å². The summed E-state index contributed by atoms with van der Waals surface area (Å²) >= 11 is 5.89. The highest BCUT2D eigenvalue weighted by molar-refractivity contribution is 6.32. The monoisotopic (exact) mass is 292 g/mol. The summed E-state index contributed by atoms with van der Waals surface area (Å²) in [7, 11) is 0. The van der Waals surface area contributed by atoms with Crippen LogP contribution in [0.3, 0.4) is 0 Å². The Morgan fingerprint density at radius 3 is 2.79 bits per heavy atom. The van der Waals surface area contributed by atoms with Crippen LogP contribution in [-0.4, -0.2) is 30.6 Å². The average Bonchev–Trinajstić information content (AvgIpc) is 2.30. The molecule has 0 radical (unpaired) electrons. The number of nitrogens with one attached hydrogen (secondary N) is 1. The second-order valence-corrected chi connectivity index (χ2v) is 5.24. The fourth-order valence-electron chi connectivity index (χ4n) is 2.32. The van der Waals surface area contributed by atoms with Gasteiger partial charge in [-0.3, -0.25) is 4.90 Å². The highest BCUT2D eigenvalue weighted by Gasteiger charge is 2.34. The van der Waals surface area contributed by atoms with Gasteiger partial charge in [-0.1, -0.05) is 23.7 Å². The molecule has 0 unspecified atom stereocenters. The van der Waals surface area contributed by atoms with E-state index in [9.17, 15) is 13.2 Å². The molecule has 2 nitrogen and oxygen atoms in total. The Morgan fingerprint density at radius 2 is 2.16 bits per heavy atom. The van der Waals surface area contributed by atoms with Gasteiger partial charge in [-0.15, -0.1) is 0 Å². The SMILES string of the molecule is C[C@@H]1CN(Cc2cccc(C(F)(F)F)c2Cl)CCN1. The normalized spacial score (nSPS) is 21.6.